The number of hydrogen-bond donors (Lipinski definition) is 1. The molecule has 0 saturated carbocycles. The number of likely N-dealkylation sites (tertiary alicyclic amines) is 1. The van der Waals surface area contributed by atoms with Crippen LogP contribution in [0.2, 0.25) is 0 Å². The molecule has 1 N–H and O–H groups in total. The minimum absolute atomic E-state index is 0.0424. The molecule has 1 fully saturated rings. The van der Waals surface area contributed by atoms with E-state index in [4.69, 9.17) is 4.84 Å². The predicted octanol–water partition coefficient (Wildman–Crippen LogP) is 1.57. The van der Waals surface area contributed by atoms with Gasteiger partial charge in [-0.3, -0.25) is 4.84 Å². The van der Waals surface area contributed by atoms with E-state index in [1.165, 1.54) is 19.3 Å². The van der Waals surface area contributed by atoms with Crippen molar-refractivity contribution in [2.45, 2.75) is 25.7 Å². The summed E-state index contributed by atoms with van der Waals surface area (Å²) in [5, 5.41) is 0. The maximum atomic E-state index is 11.8. The average Bonchev–Trinajstić information content (AvgIpc) is 2.52. The molecule has 0 atom stereocenters. The van der Waals surface area contributed by atoms with Crippen LogP contribution in [-0.4, -0.2) is 45.3 Å². The first-order chi connectivity index (χ1) is 10.2. The molecular weight excluding hydrogens is 288 g/mol. The lowest BCUT2D eigenvalue weighted by Gasteiger charge is -2.25. The minimum atomic E-state index is -3.37. The summed E-state index contributed by atoms with van der Waals surface area (Å²) < 4.78 is 23.6. The zero-order valence-corrected chi connectivity index (χ0v) is 13.1. The van der Waals surface area contributed by atoms with Crippen LogP contribution >= 0.6 is 0 Å². The average molecular weight is 312 g/mol. The summed E-state index contributed by atoms with van der Waals surface area (Å²) in [6, 6.07) is 9.58. The van der Waals surface area contributed by atoms with Gasteiger partial charge in [0.05, 0.1) is 12.4 Å². The summed E-state index contributed by atoms with van der Waals surface area (Å²) >= 11 is 0. The SMILES string of the molecule is O=S(=O)(CCc1ccccc1)NOCCN1CCCCC1. The fraction of sp³-hybridized carbons (Fsp3) is 0.600. The molecule has 0 amide bonds. The first-order valence-electron chi connectivity index (χ1n) is 7.53. The Hall–Kier alpha value is -0.950. The van der Waals surface area contributed by atoms with Crippen molar-refractivity contribution in [3.05, 3.63) is 35.9 Å². The quantitative estimate of drug-likeness (QED) is 0.585. The van der Waals surface area contributed by atoms with Gasteiger partial charge in [-0.05, 0) is 37.9 Å². The molecule has 0 unspecified atom stereocenters. The Labute approximate surface area is 127 Å². The normalized spacial score (nSPS) is 17.0. The third-order valence-corrected chi connectivity index (χ3v) is 4.76. The molecule has 1 aromatic carbocycles. The van der Waals surface area contributed by atoms with Gasteiger partial charge in [0.2, 0.25) is 10.0 Å². The van der Waals surface area contributed by atoms with Gasteiger partial charge >= 0.3 is 0 Å². The lowest BCUT2D eigenvalue weighted by atomic mass is 10.1. The molecule has 5 nitrogen and oxygen atoms in total. The predicted molar refractivity (Wildman–Crippen MR) is 83.3 cm³/mol. The van der Waals surface area contributed by atoms with Crippen LogP contribution in [0.1, 0.15) is 24.8 Å². The number of benzene rings is 1. The Kier molecular flexibility index (Phi) is 6.63. The van der Waals surface area contributed by atoms with Gasteiger partial charge in [-0.2, -0.15) is 0 Å². The standard InChI is InChI=1S/C15H24N2O3S/c18-21(19,14-9-15-7-3-1-4-8-15)16-20-13-12-17-10-5-2-6-11-17/h1,3-4,7-8,16H,2,5-6,9-14H2. The van der Waals surface area contributed by atoms with E-state index in [0.717, 1.165) is 25.2 Å². The lowest BCUT2D eigenvalue weighted by molar-refractivity contribution is 0.0656. The van der Waals surface area contributed by atoms with Gasteiger partial charge in [-0.15, -0.1) is 0 Å². The van der Waals surface area contributed by atoms with Crippen LogP contribution in [0.3, 0.4) is 0 Å². The number of hydrogen-bond acceptors (Lipinski definition) is 4. The largest absolute Gasteiger partial charge is 0.301 e. The van der Waals surface area contributed by atoms with Crippen molar-refractivity contribution in [1.29, 1.82) is 0 Å². The zero-order chi connectivity index (χ0) is 15.0. The Balaban J connectivity index is 1.62. The molecule has 0 radical (unpaired) electrons. The first-order valence-corrected chi connectivity index (χ1v) is 9.18. The number of rotatable bonds is 8. The number of piperidine rings is 1. The Morgan fingerprint density at radius 3 is 2.52 bits per heavy atom. The van der Waals surface area contributed by atoms with Crippen molar-refractivity contribution >= 4 is 10.0 Å². The Morgan fingerprint density at radius 1 is 1.10 bits per heavy atom. The van der Waals surface area contributed by atoms with Crippen LogP contribution in [0.4, 0.5) is 0 Å². The highest BCUT2D eigenvalue weighted by Gasteiger charge is 2.12. The highest BCUT2D eigenvalue weighted by atomic mass is 32.2. The van der Waals surface area contributed by atoms with Crippen molar-refractivity contribution in [3.63, 3.8) is 0 Å². The molecule has 1 aromatic rings. The maximum Gasteiger partial charge on any atom is 0.233 e. The number of sulfonamides is 1. The summed E-state index contributed by atoms with van der Waals surface area (Å²) in [4.78, 5) is 9.63. The van der Waals surface area contributed by atoms with Gasteiger partial charge < -0.3 is 4.90 Å². The number of nitrogens with zero attached hydrogens (tertiary/aromatic N) is 1. The summed E-state index contributed by atoms with van der Waals surface area (Å²) in [6.07, 6.45) is 4.24. The van der Waals surface area contributed by atoms with Gasteiger partial charge in [0.1, 0.15) is 0 Å². The zero-order valence-electron chi connectivity index (χ0n) is 12.3. The van der Waals surface area contributed by atoms with Crippen LogP contribution in [-0.2, 0) is 21.3 Å². The van der Waals surface area contributed by atoms with Gasteiger partial charge in [-0.1, -0.05) is 41.6 Å². The fourth-order valence-electron chi connectivity index (χ4n) is 2.43. The van der Waals surface area contributed by atoms with E-state index in [0.29, 0.717) is 13.0 Å². The lowest BCUT2D eigenvalue weighted by Crippen LogP contribution is -2.35. The third kappa shape index (κ3) is 6.56. The van der Waals surface area contributed by atoms with E-state index < -0.39 is 10.0 Å². The molecule has 6 heteroatoms. The molecule has 21 heavy (non-hydrogen) atoms. The van der Waals surface area contributed by atoms with Crippen LogP contribution in [0.5, 0.6) is 0 Å². The second kappa shape index (κ2) is 8.48. The summed E-state index contributed by atoms with van der Waals surface area (Å²) in [7, 11) is -3.37. The molecule has 0 bridgehead atoms. The van der Waals surface area contributed by atoms with Crippen molar-refractivity contribution in [1.82, 2.24) is 9.79 Å². The summed E-state index contributed by atoms with van der Waals surface area (Å²) in [6.45, 7) is 3.35. The smallest absolute Gasteiger partial charge is 0.233 e. The molecule has 1 aliphatic heterocycles. The topological polar surface area (TPSA) is 58.6 Å². The van der Waals surface area contributed by atoms with E-state index >= 15 is 0 Å². The molecule has 0 aromatic heterocycles. The highest BCUT2D eigenvalue weighted by molar-refractivity contribution is 7.89. The van der Waals surface area contributed by atoms with Crippen molar-refractivity contribution < 1.29 is 13.3 Å². The second-order valence-corrected chi connectivity index (χ2v) is 7.19. The summed E-state index contributed by atoms with van der Waals surface area (Å²) in [5.41, 5.74) is 1.01. The number of nitrogens with one attached hydrogen (secondary N) is 1. The van der Waals surface area contributed by atoms with Crippen molar-refractivity contribution in [2.75, 3.05) is 32.0 Å². The van der Waals surface area contributed by atoms with E-state index in [1.807, 2.05) is 30.3 Å². The van der Waals surface area contributed by atoms with Crippen molar-refractivity contribution in [2.24, 2.45) is 0 Å². The molecule has 2 rings (SSSR count). The molecule has 118 valence electrons. The Bertz CT molecular complexity index is 499. The van der Waals surface area contributed by atoms with E-state index in [-0.39, 0.29) is 5.75 Å². The highest BCUT2D eigenvalue weighted by Crippen LogP contribution is 2.07. The van der Waals surface area contributed by atoms with Gasteiger partial charge in [-0.25, -0.2) is 8.42 Å². The van der Waals surface area contributed by atoms with Crippen LogP contribution in [0.25, 0.3) is 0 Å². The van der Waals surface area contributed by atoms with Crippen molar-refractivity contribution in [3.8, 4) is 0 Å². The van der Waals surface area contributed by atoms with Gasteiger partial charge in [0, 0.05) is 6.54 Å². The Morgan fingerprint density at radius 2 is 1.81 bits per heavy atom. The van der Waals surface area contributed by atoms with Crippen LogP contribution in [0, 0.1) is 0 Å². The molecule has 1 heterocycles. The minimum Gasteiger partial charge on any atom is -0.301 e. The van der Waals surface area contributed by atoms with Gasteiger partial charge in [0.25, 0.3) is 0 Å². The van der Waals surface area contributed by atoms with E-state index in [1.54, 1.807) is 0 Å². The van der Waals surface area contributed by atoms with Crippen LogP contribution < -0.4 is 4.89 Å². The number of aryl methyl sites for hydroxylation is 1. The third-order valence-electron chi connectivity index (χ3n) is 3.65. The fourth-order valence-corrected chi connectivity index (χ4v) is 3.28. The molecule has 0 spiro atoms. The summed E-state index contributed by atoms with van der Waals surface area (Å²) in [5.74, 6) is 0.0424. The molecular formula is C15H24N2O3S. The van der Waals surface area contributed by atoms with E-state index in [2.05, 4.69) is 9.79 Å². The second-order valence-electron chi connectivity index (χ2n) is 5.39. The van der Waals surface area contributed by atoms with Gasteiger partial charge in [0.15, 0.2) is 0 Å². The molecule has 0 aliphatic carbocycles. The molecule has 1 aliphatic rings. The molecule has 1 saturated heterocycles. The first kappa shape index (κ1) is 16.4. The monoisotopic (exact) mass is 312 g/mol. The maximum absolute atomic E-state index is 11.8. The van der Waals surface area contributed by atoms with E-state index in [9.17, 15) is 8.42 Å². The van der Waals surface area contributed by atoms with Crippen LogP contribution in [0.15, 0.2) is 30.3 Å².